The Labute approximate surface area is 926 Å². The Morgan fingerprint density at radius 3 is 0.683 bits per heavy atom. The maximum atomic E-state index is 11.2. The van der Waals surface area contributed by atoms with Gasteiger partial charge in [-0.3, -0.25) is 18.7 Å². The predicted octanol–water partition coefficient (Wildman–Crippen LogP) is -19.1. The Hall–Kier alpha value is -4.70. The number of nitrogens with zero attached hydrogens (tertiary/aromatic N) is 24. The van der Waals surface area contributed by atoms with E-state index in [1.54, 1.807) is 52.0 Å². The van der Waals surface area contributed by atoms with Gasteiger partial charge in [0.15, 0.2) is 17.4 Å². The predicted molar refractivity (Wildman–Crippen MR) is 383 cm³/mol. The van der Waals surface area contributed by atoms with Gasteiger partial charge in [-0.25, -0.2) is 0 Å². The third-order valence-corrected chi connectivity index (χ3v) is 21.2. The first-order chi connectivity index (χ1) is 53.8. The van der Waals surface area contributed by atoms with Gasteiger partial charge in [-0.2, -0.15) is 132 Å². The van der Waals surface area contributed by atoms with E-state index in [-0.39, 0.29) is 351 Å². The summed E-state index contributed by atoms with van der Waals surface area (Å²) in [5, 5.41) is 130. The van der Waals surface area contributed by atoms with Crippen molar-refractivity contribution in [2.75, 3.05) is 45.9 Å². The molecule has 0 atom stereocenters. The van der Waals surface area contributed by atoms with Crippen molar-refractivity contribution < 1.29 is 359 Å². The Morgan fingerprint density at radius 2 is 0.517 bits per heavy atom. The van der Waals surface area contributed by atoms with Crippen LogP contribution in [0.3, 0.4) is 0 Å². The normalized spacial score (nSPS) is 9.97. The van der Waals surface area contributed by atoms with Crippen molar-refractivity contribution in [3.63, 3.8) is 0 Å². The second-order valence-electron chi connectivity index (χ2n) is 19.9. The molecule has 0 saturated carbocycles. The second-order valence-corrected chi connectivity index (χ2v) is 29.1. The Morgan fingerprint density at radius 1 is 0.342 bits per heavy atom. The van der Waals surface area contributed by atoms with Gasteiger partial charge in [0, 0.05) is 46.9 Å². The summed E-state index contributed by atoms with van der Waals surface area (Å²) in [6.45, 7) is 6.80. The summed E-state index contributed by atoms with van der Waals surface area (Å²) >= 11 is 11.0. The topological polar surface area (TPSA) is 674 Å². The molecule has 8 N–H and O–H groups in total. The number of nitrogen functional groups attached to an aromatic ring is 4. The molecular weight excluding hydrogens is 1810 g/mol. The maximum Gasteiger partial charge on any atom is 1.00 e. The maximum absolute atomic E-state index is 11.2. The van der Waals surface area contributed by atoms with Crippen LogP contribution < -0.4 is 324 Å². The number of thioether (sulfide) groups is 4. The average molecular weight is 1850 g/mol. The molecule has 0 bridgehead atoms. The molecule has 4 aromatic carbocycles. The van der Waals surface area contributed by atoms with E-state index in [0.29, 0.717) is 129 Å². The van der Waals surface area contributed by atoms with Crippen LogP contribution in [0.15, 0.2) is 131 Å². The number of carbonyl (C=O) groups excluding carboxylic acids is 12. The van der Waals surface area contributed by atoms with Crippen molar-refractivity contribution in [2.24, 2.45) is 40.9 Å². The van der Waals surface area contributed by atoms with E-state index in [2.05, 4.69) is 126 Å². The minimum Gasteiger partial charge on any atom is -0.559 e. The number of rotatable bonds is 26. The number of nitrogens with two attached hydrogens (primary N) is 4. The molecule has 0 aliphatic carbocycles. The van der Waals surface area contributed by atoms with Crippen molar-refractivity contribution in [1.82, 2.24) is 79.9 Å². The fourth-order valence-corrected chi connectivity index (χ4v) is 15.2. The van der Waals surface area contributed by atoms with E-state index < -0.39 is 23.9 Å². The monoisotopic (exact) mass is 1850 g/mol. The SMILES string of the molecule is Cc1nn(-c2c[c-]cc(C(=O)[O-])c2)c(N)c1N=Nc1nnc(SCCSc2nnc(N=Nc3c(C)nn(-c4c[c-]cc(C(=O)[O-])c4)c3N)s2)s1.Cc1nn(-c2c[c-]cc(C(=O)[O-])c2)c(N)c1N=Nc1nnc(SCCSc2nnc(N=Nc3c(C)nn(-c4c[c-]cc(C(=O)[O-])c4)c3N)s2)s1.O=C=O.O=C=O.O=C=O.O=C=O.[K+].[K+].[K+].[K+].[Li+].[Li+].[Li+].[Li+]. The van der Waals surface area contributed by atoms with Crippen LogP contribution in [0.1, 0.15) is 64.2 Å². The van der Waals surface area contributed by atoms with E-state index in [9.17, 15) is 39.6 Å². The average Bonchev–Trinajstić information content (AvgIpc) is 1.67. The summed E-state index contributed by atoms with van der Waals surface area (Å²) in [5.74, 6) is -1.91. The molecule has 0 fully saturated rings. The van der Waals surface area contributed by atoms with Crippen LogP contribution in [0.2, 0.25) is 0 Å². The van der Waals surface area contributed by atoms with Crippen LogP contribution in [-0.4, -0.2) is 151 Å². The molecule has 12 rings (SSSR count). The Kier molecular flexibility index (Phi) is 59.5. The summed E-state index contributed by atoms with van der Waals surface area (Å²) in [4.78, 5) is 110. The molecule has 120 heavy (non-hydrogen) atoms. The number of benzene rings is 4. The molecule has 0 aliphatic rings. The van der Waals surface area contributed by atoms with Gasteiger partial charge in [0.1, 0.15) is 46.0 Å². The zero-order valence-corrected chi connectivity index (χ0v) is 83.6. The summed E-state index contributed by atoms with van der Waals surface area (Å²) in [6, 6.07) is 27.8. The molecule has 0 amide bonds. The van der Waals surface area contributed by atoms with Gasteiger partial charge < -0.3 is 62.5 Å². The van der Waals surface area contributed by atoms with Crippen molar-refractivity contribution >= 4 is 207 Å². The third kappa shape index (κ3) is 35.3. The van der Waals surface area contributed by atoms with Gasteiger partial charge in [0.2, 0.25) is 0 Å². The molecule has 0 spiro atoms. The van der Waals surface area contributed by atoms with Gasteiger partial charge in [0.25, 0.3) is 20.5 Å². The number of hydrogen-bond acceptors (Lipinski definition) is 48. The standard InChI is InChI=1S/2C28H22N14O4S4.4CO2.4K.4Li/c2*1-13-19(21(29)41(39-13)17-7-3-5-15(11-17)23(43)44)31-33-25-35-37-27(49-25)47-9-10-48-28-38-36-26(50-28)34-32-20-14(2)40-42(22(20)30)18-8-4-6-16(12-18)24(45)46;4*2-1-3;;;;;;;;/h2*5-8,11-12H,9-10,29-30H2,1-2H3,(H,43,44)(H,45,46);;;;;;;;;;;;/q2*-2;;;;;8*+1/p-4. The third-order valence-electron chi connectivity index (χ3n) is 12.9. The molecule has 0 radical (unpaired) electrons. The van der Waals surface area contributed by atoms with Crippen LogP contribution in [0.5, 0.6) is 0 Å². The molecule has 0 aliphatic heterocycles. The Balaban J connectivity index is 0. The minimum absolute atomic E-state index is 0. The summed E-state index contributed by atoms with van der Waals surface area (Å²) in [5.41, 5.74) is 29.4. The molecule has 8 heterocycles. The summed E-state index contributed by atoms with van der Waals surface area (Å²) in [6.07, 6.45) is 1.00. The molecule has 12 aromatic rings. The van der Waals surface area contributed by atoms with E-state index in [1.807, 2.05) is 0 Å². The number of carboxylic acids is 4. The molecule has 0 saturated heterocycles. The van der Waals surface area contributed by atoms with E-state index in [4.69, 9.17) is 61.3 Å². The van der Waals surface area contributed by atoms with Crippen LogP contribution in [0.4, 0.5) is 66.5 Å². The van der Waals surface area contributed by atoms with E-state index in [0.717, 1.165) is 0 Å². The molecule has 0 unspecified atom stereocenters. The van der Waals surface area contributed by atoms with Gasteiger partial charge in [-0.15, -0.1) is 128 Å². The molecule has 572 valence electrons. The number of aryl methyl sites for hydroxylation is 4. The number of carbonyl (C=O) groups is 4. The second kappa shape index (κ2) is 60.8. The first-order valence-electron chi connectivity index (χ1n) is 29.6. The van der Waals surface area contributed by atoms with Gasteiger partial charge in [-0.1, -0.05) is 92.4 Å². The van der Waals surface area contributed by atoms with Crippen LogP contribution in [-0.2, 0) is 38.4 Å². The fraction of sp³-hybridized carbons (Fsp3) is 0.133. The number of hydrogen-bond donors (Lipinski definition) is 4. The number of carboxylic acid groups (broad SMARTS) is 4. The first kappa shape index (κ1) is 117. The van der Waals surface area contributed by atoms with Crippen molar-refractivity contribution in [2.45, 2.75) is 45.1 Å². The van der Waals surface area contributed by atoms with E-state index in [1.165, 1.54) is 160 Å². The zero-order chi connectivity index (χ0) is 81.6. The van der Waals surface area contributed by atoms with Crippen molar-refractivity contribution in [3.05, 3.63) is 142 Å². The van der Waals surface area contributed by atoms with Gasteiger partial charge in [0.05, 0.1) is 22.8 Å². The van der Waals surface area contributed by atoms with E-state index >= 15 is 0 Å². The van der Waals surface area contributed by atoms with Crippen molar-refractivity contribution in [1.29, 1.82) is 0 Å². The smallest absolute Gasteiger partial charge is 0.559 e. The molecule has 60 heteroatoms. The van der Waals surface area contributed by atoms with Gasteiger partial charge in [-0.05, 0) is 50.4 Å². The van der Waals surface area contributed by atoms with Crippen LogP contribution in [0, 0.1) is 52.0 Å². The number of anilines is 4. The van der Waals surface area contributed by atoms with Crippen LogP contribution in [0.25, 0.3) is 22.7 Å². The molecular formula is C60H40K4Li4N28O16S8. The minimum atomic E-state index is -1.34. The molecule has 44 nitrogen and oxygen atoms in total. The number of aromatic nitrogens is 16. The largest absolute Gasteiger partial charge is 1.00 e. The Bertz CT molecular complexity index is 5010. The molecule has 8 aromatic heterocycles. The number of azo groups is 4. The van der Waals surface area contributed by atoms with Crippen molar-refractivity contribution in [3.8, 4) is 22.7 Å². The van der Waals surface area contributed by atoms with Gasteiger partial charge >= 0.3 is 306 Å². The summed E-state index contributed by atoms with van der Waals surface area (Å²) in [7, 11) is 0. The first-order valence-corrected chi connectivity index (χ1v) is 36.8. The zero-order valence-electron chi connectivity index (χ0n) is 64.6. The van der Waals surface area contributed by atoms with Crippen LogP contribution >= 0.6 is 92.4 Å². The fourth-order valence-electron chi connectivity index (χ4n) is 8.32. The number of aromatic carboxylic acids is 4. The quantitative estimate of drug-likeness (QED) is 0.0129. The summed E-state index contributed by atoms with van der Waals surface area (Å²) < 4.78 is 8.19.